The first-order chi connectivity index (χ1) is 15.7. The number of hydrogen-bond acceptors (Lipinski definition) is 4. The predicted octanol–water partition coefficient (Wildman–Crippen LogP) is 5.06. The number of fused-ring (bicyclic) bond motifs is 3. The van der Waals surface area contributed by atoms with Crippen LogP contribution in [0, 0.1) is 3.57 Å². The van der Waals surface area contributed by atoms with Crippen molar-refractivity contribution in [3.05, 3.63) is 87.0 Å². The lowest BCUT2D eigenvalue weighted by atomic mass is 9.98. The van der Waals surface area contributed by atoms with Crippen LogP contribution in [0.2, 0.25) is 0 Å². The van der Waals surface area contributed by atoms with Crippen LogP contribution in [-0.2, 0) is 11.3 Å². The maximum Gasteiger partial charge on any atom is 0.411 e. The van der Waals surface area contributed by atoms with Crippen LogP contribution in [0.25, 0.3) is 11.1 Å². The number of carbonyl (C=O) groups excluding carboxylic acids is 1. The third kappa shape index (κ3) is 4.67. The van der Waals surface area contributed by atoms with E-state index in [-0.39, 0.29) is 5.92 Å². The molecule has 0 atom stereocenters. The molecule has 1 saturated heterocycles. The molecular formula is C26H26IN3O2. The van der Waals surface area contributed by atoms with Crippen molar-refractivity contribution in [2.24, 2.45) is 0 Å². The molecule has 2 N–H and O–H groups in total. The lowest BCUT2D eigenvalue weighted by Gasteiger charge is -2.27. The monoisotopic (exact) mass is 539 g/mol. The molecule has 0 spiro atoms. The fraction of sp³-hybridized carbons (Fsp3) is 0.269. The molecule has 6 heteroatoms. The Labute approximate surface area is 202 Å². The smallest absolute Gasteiger partial charge is 0.411 e. The largest absolute Gasteiger partial charge is 0.448 e. The average Bonchev–Trinajstić information content (AvgIpc) is 3.12. The number of ether oxygens (including phenoxy) is 1. The second kappa shape index (κ2) is 9.60. The number of hydrogen-bond donors (Lipinski definition) is 2. The summed E-state index contributed by atoms with van der Waals surface area (Å²) in [5.41, 5.74) is 6.87. The summed E-state index contributed by atoms with van der Waals surface area (Å²) < 4.78 is 6.80. The molecule has 1 aliphatic carbocycles. The molecule has 0 saturated carbocycles. The molecule has 32 heavy (non-hydrogen) atoms. The highest BCUT2D eigenvalue weighted by Gasteiger charge is 2.29. The highest BCUT2D eigenvalue weighted by Crippen LogP contribution is 2.44. The standard InChI is InChI=1S/C26H26IN3O2/c27-19-13-18(16-30-11-9-28-10-12-30)14-20(15-19)29-26(31)32-17-25-23-7-3-1-5-21(23)22-6-2-4-8-24(22)25/h1-8,13-15,25,28H,9-12,16-17H2,(H,29,31). The molecule has 5 rings (SSSR count). The van der Waals surface area contributed by atoms with Gasteiger partial charge in [-0.05, 0) is 68.6 Å². The van der Waals surface area contributed by atoms with E-state index in [9.17, 15) is 4.79 Å². The van der Waals surface area contributed by atoms with Gasteiger partial charge in [0, 0.05) is 47.9 Å². The molecule has 2 aliphatic rings. The Hall–Kier alpha value is -2.42. The summed E-state index contributed by atoms with van der Waals surface area (Å²) in [7, 11) is 0. The van der Waals surface area contributed by atoms with Crippen molar-refractivity contribution in [2.45, 2.75) is 12.5 Å². The number of anilines is 1. The van der Waals surface area contributed by atoms with E-state index < -0.39 is 6.09 Å². The van der Waals surface area contributed by atoms with Crippen molar-refractivity contribution >= 4 is 34.4 Å². The number of nitrogens with zero attached hydrogens (tertiary/aromatic N) is 1. The van der Waals surface area contributed by atoms with E-state index in [2.05, 4.69) is 80.6 Å². The van der Waals surface area contributed by atoms with Crippen LogP contribution in [0.5, 0.6) is 0 Å². The van der Waals surface area contributed by atoms with Crippen LogP contribution in [0.3, 0.4) is 0 Å². The molecule has 164 valence electrons. The quantitative estimate of drug-likeness (QED) is 0.446. The number of nitrogens with one attached hydrogen (secondary N) is 2. The van der Waals surface area contributed by atoms with Gasteiger partial charge in [0.2, 0.25) is 0 Å². The van der Waals surface area contributed by atoms with Gasteiger partial charge in [0.15, 0.2) is 0 Å². The van der Waals surface area contributed by atoms with E-state index >= 15 is 0 Å². The Morgan fingerprint density at radius 3 is 2.34 bits per heavy atom. The van der Waals surface area contributed by atoms with Gasteiger partial charge in [-0.25, -0.2) is 4.79 Å². The predicted molar refractivity (Wildman–Crippen MR) is 136 cm³/mol. The second-order valence-electron chi connectivity index (χ2n) is 8.32. The van der Waals surface area contributed by atoms with E-state index in [0.29, 0.717) is 6.61 Å². The number of halogens is 1. The minimum atomic E-state index is -0.415. The van der Waals surface area contributed by atoms with E-state index in [0.717, 1.165) is 42.0 Å². The Morgan fingerprint density at radius 1 is 1.00 bits per heavy atom. The summed E-state index contributed by atoms with van der Waals surface area (Å²) in [6.45, 7) is 5.33. The van der Waals surface area contributed by atoms with Gasteiger partial charge in [-0.3, -0.25) is 10.2 Å². The molecule has 0 unspecified atom stereocenters. The van der Waals surface area contributed by atoms with Gasteiger partial charge in [-0.15, -0.1) is 0 Å². The first-order valence-electron chi connectivity index (χ1n) is 11.0. The number of amides is 1. The molecule has 3 aromatic rings. The summed E-state index contributed by atoms with van der Waals surface area (Å²) in [6, 6.07) is 22.9. The average molecular weight is 539 g/mol. The van der Waals surface area contributed by atoms with Crippen molar-refractivity contribution in [2.75, 3.05) is 38.1 Å². The Bertz CT molecular complexity index is 1080. The highest BCUT2D eigenvalue weighted by atomic mass is 127. The number of benzene rings is 3. The molecular weight excluding hydrogens is 513 g/mol. The summed E-state index contributed by atoms with van der Waals surface area (Å²) in [5, 5.41) is 6.32. The van der Waals surface area contributed by atoms with Crippen molar-refractivity contribution < 1.29 is 9.53 Å². The molecule has 1 amide bonds. The first-order valence-corrected chi connectivity index (χ1v) is 12.1. The van der Waals surface area contributed by atoms with E-state index in [1.54, 1.807) is 0 Å². The lowest BCUT2D eigenvalue weighted by molar-refractivity contribution is 0.158. The molecule has 3 aromatic carbocycles. The minimum absolute atomic E-state index is 0.0623. The molecule has 0 radical (unpaired) electrons. The van der Waals surface area contributed by atoms with Crippen LogP contribution in [0.1, 0.15) is 22.6 Å². The van der Waals surface area contributed by atoms with Crippen molar-refractivity contribution in [3.63, 3.8) is 0 Å². The molecule has 5 nitrogen and oxygen atoms in total. The van der Waals surface area contributed by atoms with Crippen LogP contribution in [0.15, 0.2) is 66.7 Å². The van der Waals surface area contributed by atoms with Gasteiger partial charge in [0.25, 0.3) is 0 Å². The number of rotatable bonds is 5. The third-order valence-electron chi connectivity index (χ3n) is 6.16. The normalized spacial score (nSPS) is 15.8. The van der Waals surface area contributed by atoms with Gasteiger partial charge in [0.05, 0.1) is 0 Å². The maximum absolute atomic E-state index is 12.7. The van der Waals surface area contributed by atoms with Gasteiger partial charge in [-0.1, -0.05) is 48.5 Å². The highest BCUT2D eigenvalue weighted by molar-refractivity contribution is 14.1. The fourth-order valence-corrected chi connectivity index (χ4v) is 5.43. The topological polar surface area (TPSA) is 53.6 Å². The summed E-state index contributed by atoms with van der Waals surface area (Å²) in [5.74, 6) is 0.0623. The minimum Gasteiger partial charge on any atom is -0.448 e. The zero-order valence-electron chi connectivity index (χ0n) is 17.8. The first kappa shape index (κ1) is 21.4. The van der Waals surface area contributed by atoms with Crippen molar-refractivity contribution in [3.8, 4) is 11.1 Å². The van der Waals surface area contributed by atoms with E-state index in [4.69, 9.17) is 4.74 Å². The maximum atomic E-state index is 12.7. The SMILES string of the molecule is O=C(Nc1cc(I)cc(CN2CCNCC2)c1)OCC1c2ccccc2-c2ccccc21. The third-order valence-corrected chi connectivity index (χ3v) is 6.79. The summed E-state index contributed by atoms with van der Waals surface area (Å²) in [6.07, 6.45) is -0.415. The zero-order valence-corrected chi connectivity index (χ0v) is 20.0. The Morgan fingerprint density at radius 2 is 1.66 bits per heavy atom. The Kier molecular flexibility index (Phi) is 6.43. The van der Waals surface area contributed by atoms with Crippen LogP contribution < -0.4 is 10.6 Å². The molecule has 1 aliphatic heterocycles. The zero-order chi connectivity index (χ0) is 21.9. The number of carbonyl (C=O) groups is 1. The Balaban J connectivity index is 1.25. The van der Waals surface area contributed by atoms with Gasteiger partial charge in [0.1, 0.15) is 6.61 Å². The summed E-state index contributed by atoms with van der Waals surface area (Å²) >= 11 is 2.30. The van der Waals surface area contributed by atoms with Crippen LogP contribution >= 0.6 is 22.6 Å². The molecule has 0 bridgehead atoms. The number of piperazine rings is 1. The fourth-order valence-electron chi connectivity index (χ4n) is 4.69. The summed E-state index contributed by atoms with van der Waals surface area (Å²) in [4.78, 5) is 15.1. The van der Waals surface area contributed by atoms with Crippen molar-refractivity contribution in [1.82, 2.24) is 10.2 Å². The van der Waals surface area contributed by atoms with Gasteiger partial charge >= 0.3 is 6.09 Å². The van der Waals surface area contributed by atoms with Gasteiger partial charge in [-0.2, -0.15) is 0 Å². The van der Waals surface area contributed by atoms with E-state index in [1.807, 2.05) is 24.3 Å². The van der Waals surface area contributed by atoms with Crippen molar-refractivity contribution in [1.29, 1.82) is 0 Å². The lowest BCUT2D eigenvalue weighted by Crippen LogP contribution is -2.42. The van der Waals surface area contributed by atoms with Crippen LogP contribution in [0.4, 0.5) is 10.5 Å². The van der Waals surface area contributed by atoms with Gasteiger partial charge < -0.3 is 10.1 Å². The molecule has 1 fully saturated rings. The van der Waals surface area contributed by atoms with Crippen LogP contribution in [-0.4, -0.2) is 43.8 Å². The van der Waals surface area contributed by atoms with E-state index in [1.165, 1.54) is 27.8 Å². The molecule has 0 aromatic heterocycles. The second-order valence-corrected chi connectivity index (χ2v) is 9.57. The molecule has 1 heterocycles.